The summed E-state index contributed by atoms with van der Waals surface area (Å²) in [4.78, 5) is 0. The number of nitriles is 1. The van der Waals surface area contributed by atoms with Gasteiger partial charge in [0.15, 0.2) is 0 Å². The minimum Gasteiger partial charge on any atom is -0.497 e. The quantitative estimate of drug-likeness (QED) is 0.472. The maximum Gasteiger partial charge on any atom is 0.282 e. The van der Waals surface area contributed by atoms with Crippen LogP contribution in [0.2, 0.25) is 0 Å². The SMILES string of the molecule is COc1ccc(NS(=O)(=O)c2nnc(-c3ccccc3)c(-c3ccccc3)c2C#N)cc1. The van der Waals surface area contributed by atoms with Crippen LogP contribution in [0, 0.1) is 11.3 Å². The number of anilines is 1. The molecule has 4 rings (SSSR count). The number of rotatable bonds is 6. The van der Waals surface area contributed by atoms with Crippen molar-refractivity contribution >= 4 is 15.7 Å². The molecule has 0 bridgehead atoms. The average molecular weight is 443 g/mol. The van der Waals surface area contributed by atoms with Crippen molar-refractivity contribution in [3.63, 3.8) is 0 Å². The van der Waals surface area contributed by atoms with Crippen LogP contribution in [0.25, 0.3) is 22.4 Å². The van der Waals surface area contributed by atoms with Gasteiger partial charge in [0, 0.05) is 16.8 Å². The lowest BCUT2D eigenvalue weighted by atomic mass is 9.96. The second-order valence-electron chi connectivity index (χ2n) is 6.78. The summed E-state index contributed by atoms with van der Waals surface area (Å²) in [7, 11) is -2.67. The van der Waals surface area contributed by atoms with Crippen molar-refractivity contribution in [1.82, 2.24) is 10.2 Å². The van der Waals surface area contributed by atoms with E-state index >= 15 is 0 Å². The van der Waals surface area contributed by atoms with Crippen molar-refractivity contribution in [2.75, 3.05) is 11.8 Å². The zero-order valence-electron chi connectivity index (χ0n) is 17.1. The standard InChI is InChI=1S/C24H18N4O3S/c1-31-20-14-12-19(13-15-20)28-32(29,30)24-21(16-25)22(17-8-4-2-5-9-17)23(26-27-24)18-10-6-3-7-11-18/h2-15,28H,1H3. The molecule has 0 aliphatic carbocycles. The number of hydrogen-bond acceptors (Lipinski definition) is 6. The van der Waals surface area contributed by atoms with Gasteiger partial charge in [-0.1, -0.05) is 60.7 Å². The fourth-order valence-electron chi connectivity index (χ4n) is 3.26. The first-order chi connectivity index (χ1) is 15.5. The van der Waals surface area contributed by atoms with E-state index in [1.807, 2.05) is 54.6 Å². The molecule has 0 radical (unpaired) electrons. The Morgan fingerprint density at radius 1 is 0.844 bits per heavy atom. The van der Waals surface area contributed by atoms with Gasteiger partial charge in [0.2, 0.25) is 5.03 Å². The van der Waals surface area contributed by atoms with Crippen LogP contribution in [0.1, 0.15) is 5.56 Å². The summed E-state index contributed by atoms with van der Waals surface area (Å²) >= 11 is 0. The summed E-state index contributed by atoms with van der Waals surface area (Å²) in [5, 5.41) is 17.8. The molecule has 0 saturated carbocycles. The van der Waals surface area contributed by atoms with E-state index in [-0.39, 0.29) is 5.56 Å². The average Bonchev–Trinajstić information content (AvgIpc) is 2.84. The van der Waals surface area contributed by atoms with E-state index in [0.717, 1.165) is 5.56 Å². The first-order valence-corrected chi connectivity index (χ1v) is 11.1. The minimum atomic E-state index is -4.19. The number of hydrogen-bond donors (Lipinski definition) is 1. The molecule has 0 aliphatic heterocycles. The molecule has 0 amide bonds. The molecule has 3 aromatic carbocycles. The number of methoxy groups -OCH3 is 1. The van der Waals surface area contributed by atoms with Crippen molar-refractivity contribution in [1.29, 1.82) is 5.26 Å². The van der Waals surface area contributed by atoms with Crippen molar-refractivity contribution in [2.45, 2.75) is 5.03 Å². The zero-order chi connectivity index (χ0) is 22.6. The predicted molar refractivity (Wildman–Crippen MR) is 121 cm³/mol. The van der Waals surface area contributed by atoms with Gasteiger partial charge >= 0.3 is 0 Å². The number of nitrogens with one attached hydrogen (secondary N) is 1. The third-order valence-corrected chi connectivity index (χ3v) is 6.06. The van der Waals surface area contributed by atoms with Crippen molar-refractivity contribution in [3.8, 4) is 34.2 Å². The molecule has 1 aromatic heterocycles. The van der Waals surface area contributed by atoms with Gasteiger partial charge in [0.05, 0.1) is 7.11 Å². The van der Waals surface area contributed by atoms with E-state index < -0.39 is 15.0 Å². The molecule has 0 unspecified atom stereocenters. The molecule has 0 fully saturated rings. The molecule has 0 atom stereocenters. The second-order valence-corrected chi connectivity index (χ2v) is 8.38. The minimum absolute atomic E-state index is 0.0777. The first-order valence-electron chi connectivity index (χ1n) is 9.62. The number of benzene rings is 3. The molecule has 0 spiro atoms. The highest BCUT2D eigenvalue weighted by atomic mass is 32.2. The molecule has 0 aliphatic rings. The summed E-state index contributed by atoms with van der Waals surface area (Å²) in [6.07, 6.45) is 0. The highest BCUT2D eigenvalue weighted by Crippen LogP contribution is 2.35. The molecule has 1 heterocycles. The molecular formula is C24H18N4O3S. The van der Waals surface area contributed by atoms with E-state index in [1.54, 1.807) is 36.4 Å². The van der Waals surface area contributed by atoms with Gasteiger partial charge in [-0.15, -0.1) is 10.2 Å². The molecule has 7 nitrogen and oxygen atoms in total. The Morgan fingerprint density at radius 3 is 2.00 bits per heavy atom. The molecule has 158 valence electrons. The lowest BCUT2D eigenvalue weighted by Gasteiger charge is -2.14. The van der Waals surface area contributed by atoms with Crippen LogP contribution in [-0.2, 0) is 10.0 Å². The van der Waals surface area contributed by atoms with E-state index in [0.29, 0.717) is 28.3 Å². The summed E-state index contributed by atoms with van der Waals surface area (Å²) in [5.41, 5.74) is 2.46. The van der Waals surface area contributed by atoms with Crippen LogP contribution in [0.5, 0.6) is 5.75 Å². The van der Waals surface area contributed by atoms with E-state index in [4.69, 9.17) is 4.74 Å². The molecular weight excluding hydrogens is 424 g/mol. The van der Waals surface area contributed by atoms with Crippen LogP contribution in [-0.4, -0.2) is 25.7 Å². The van der Waals surface area contributed by atoms with Crippen LogP contribution in [0.3, 0.4) is 0 Å². The lowest BCUT2D eigenvalue weighted by molar-refractivity contribution is 0.415. The topological polar surface area (TPSA) is 105 Å². The first kappa shape index (κ1) is 21.0. The van der Waals surface area contributed by atoms with Gasteiger partial charge in [0.1, 0.15) is 23.1 Å². The zero-order valence-corrected chi connectivity index (χ0v) is 17.9. The lowest BCUT2D eigenvalue weighted by Crippen LogP contribution is -2.18. The fraction of sp³-hybridized carbons (Fsp3) is 0.0417. The Morgan fingerprint density at radius 2 is 1.44 bits per heavy atom. The third kappa shape index (κ3) is 4.15. The normalized spacial score (nSPS) is 10.9. The Kier molecular flexibility index (Phi) is 5.83. The smallest absolute Gasteiger partial charge is 0.282 e. The van der Waals surface area contributed by atoms with Crippen LogP contribution in [0.4, 0.5) is 5.69 Å². The maximum atomic E-state index is 13.2. The highest BCUT2D eigenvalue weighted by Gasteiger charge is 2.27. The molecule has 1 N–H and O–H groups in total. The predicted octanol–water partition coefficient (Wildman–Crippen LogP) is 4.49. The van der Waals surface area contributed by atoms with Crippen LogP contribution >= 0.6 is 0 Å². The van der Waals surface area contributed by atoms with Gasteiger partial charge in [-0.05, 0) is 29.8 Å². The Hall–Kier alpha value is -4.22. The molecule has 8 heteroatoms. The Bertz CT molecular complexity index is 1380. The number of ether oxygens (including phenoxy) is 1. The van der Waals surface area contributed by atoms with Crippen molar-refractivity contribution in [2.24, 2.45) is 0 Å². The number of nitrogens with zero attached hydrogens (tertiary/aromatic N) is 3. The highest BCUT2D eigenvalue weighted by molar-refractivity contribution is 7.92. The largest absolute Gasteiger partial charge is 0.497 e. The number of sulfonamides is 1. The fourth-order valence-corrected chi connectivity index (χ4v) is 4.37. The molecule has 0 saturated heterocycles. The second kappa shape index (κ2) is 8.88. The van der Waals surface area contributed by atoms with Gasteiger partial charge in [-0.3, -0.25) is 4.72 Å². The van der Waals surface area contributed by atoms with Crippen LogP contribution in [0.15, 0.2) is 90.0 Å². The maximum absolute atomic E-state index is 13.2. The van der Waals surface area contributed by atoms with Crippen molar-refractivity contribution < 1.29 is 13.2 Å². The summed E-state index contributed by atoms with van der Waals surface area (Å²) < 4.78 is 33.9. The third-order valence-electron chi connectivity index (χ3n) is 4.76. The summed E-state index contributed by atoms with van der Waals surface area (Å²) in [5.74, 6) is 0.587. The van der Waals surface area contributed by atoms with E-state index in [2.05, 4.69) is 14.9 Å². The van der Waals surface area contributed by atoms with Crippen LogP contribution < -0.4 is 9.46 Å². The van der Waals surface area contributed by atoms with Crippen molar-refractivity contribution in [3.05, 3.63) is 90.5 Å². The van der Waals surface area contributed by atoms with Gasteiger partial charge in [-0.25, -0.2) is 0 Å². The Balaban J connectivity index is 1.89. The monoisotopic (exact) mass is 442 g/mol. The van der Waals surface area contributed by atoms with Gasteiger partial charge < -0.3 is 4.74 Å². The van der Waals surface area contributed by atoms with E-state index in [9.17, 15) is 13.7 Å². The summed E-state index contributed by atoms with van der Waals surface area (Å²) in [6.45, 7) is 0. The molecule has 32 heavy (non-hydrogen) atoms. The van der Waals surface area contributed by atoms with E-state index in [1.165, 1.54) is 7.11 Å². The van der Waals surface area contributed by atoms with Gasteiger partial charge in [0.25, 0.3) is 10.0 Å². The molecule has 4 aromatic rings. The summed E-state index contributed by atoms with van der Waals surface area (Å²) in [6, 6.07) is 26.7. The number of aromatic nitrogens is 2. The van der Waals surface area contributed by atoms with Gasteiger partial charge in [-0.2, -0.15) is 13.7 Å². The Labute approximate surface area is 186 Å².